The van der Waals surface area contributed by atoms with Crippen molar-refractivity contribution >= 4 is 34.7 Å². The van der Waals surface area contributed by atoms with Crippen LogP contribution in [-0.4, -0.2) is 51.6 Å². The Morgan fingerprint density at radius 1 is 1.07 bits per heavy atom. The maximum Gasteiger partial charge on any atom is 0.303 e. The number of rotatable bonds is 4. The molecule has 0 saturated carbocycles. The summed E-state index contributed by atoms with van der Waals surface area (Å²) >= 11 is 5.97. The molecule has 0 radical (unpaired) electrons. The Bertz CT molecular complexity index is 877. The topological polar surface area (TPSA) is 54.3 Å². The van der Waals surface area contributed by atoms with Crippen LogP contribution in [0.4, 0.5) is 11.4 Å². The minimum Gasteiger partial charge on any atom is -0.497 e. The smallest absolute Gasteiger partial charge is 0.303 e. The lowest BCUT2D eigenvalue weighted by Gasteiger charge is -2.35. The van der Waals surface area contributed by atoms with E-state index >= 15 is 0 Å². The van der Waals surface area contributed by atoms with Gasteiger partial charge < -0.3 is 14.5 Å². The van der Waals surface area contributed by atoms with Gasteiger partial charge >= 0.3 is 5.91 Å². The second-order valence-corrected chi connectivity index (χ2v) is 7.25. The van der Waals surface area contributed by atoms with Gasteiger partial charge in [-0.3, -0.25) is 14.5 Å². The first-order valence-corrected chi connectivity index (χ1v) is 9.33. The van der Waals surface area contributed by atoms with E-state index in [1.807, 2.05) is 12.1 Å². The molecule has 0 aliphatic carbocycles. The highest BCUT2D eigenvalue weighted by atomic mass is 35.5. The Kier molecular flexibility index (Phi) is 4.76. The zero-order chi connectivity index (χ0) is 19.0. The third-order valence-corrected chi connectivity index (χ3v) is 5.46. The molecule has 1 saturated heterocycles. The molecule has 0 spiro atoms. The number of carbonyl (C=O) groups excluding carboxylic acids is 2. The van der Waals surface area contributed by atoms with Gasteiger partial charge in [-0.15, -0.1) is 0 Å². The molecule has 1 fully saturated rings. The van der Waals surface area contributed by atoms with E-state index in [4.69, 9.17) is 16.3 Å². The summed E-state index contributed by atoms with van der Waals surface area (Å²) in [5.74, 6) is -0.0832. The Morgan fingerprint density at radius 3 is 2.44 bits per heavy atom. The van der Waals surface area contributed by atoms with Crippen molar-refractivity contribution in [2.45, 2.75) is 0 Å². The fourth-order valence-corrected chi connectivity index (χ4v) is 3.86. The zero-order valence-electron chi connectivity index (χ0n) is 15.1. The second kappa shape index (κ2) is 7.21. The van der Waals surface area contributed by atoms with Crippen molar-refractivity contribution in [1.82, 2.24) is 0 Å². The van der Waals surface area contributed by atoms with Crippen LogP contribution in [0.3, 0.4) is 0 Å². The normalized spacial score (nSPS) is 17.4. The molecule has 2 aromatic rings. The van der Waals surface area contributed by atoms with E-state index in [0.717, 1.165) is 31.9 Å². The molecule has 140 valence electrons. The number of methoxy groups -OCH3 is 1. The molecule has 1 amide bonds. The maximum absolute atomic E-state index is 12.4. The number of nitrogens with one attached hydrogen (secondary N) is 1. The number of fused-ring (bicyclic) bond motifs is 1. The first kappa shape index (κ1) is 17.8. The van der Waals surface area contributed by atoms with Crippen LogP contribution in [0.1, 0.15) is 10.4 Å². The molecule has 27 heavy (non-hydrogen) atoms. The molecular formula is C20H21ClN3O3+. The van der Waals surface area contributed by atoms with E-state index in [2.05, 4.69) is 17.0 Å². The number of halogens is 1. The molecule has 0 atom stereocenters. The molecule has 2 heterocycles. The Morgan fingerprint density at radius 2 is 1.78 bits per heavy atom. The summed E-state index contributed by atoms with van der Waals surface area (Å²) in [4.78, 5) is 29.8. The number of amides is 1. The van der Waals surface area contributed by atoms with Crippen LogP contribution in [0.25, 0.3) is 0 Å². The molecule has 0 bridgehead atoms. The van der Waals surface area contributed by atoms with Gasteiger partial charge in [0.15, 0.2) is 6.67 Å². The molecule has 2 aliphatic heterocycles. The van der Waals surface area contributed by atoms with Gasteiger partial charge in [-0.2, -0.15) is 0 Å². The largest absolute Gasteiger partial charge is 0.497 e. The number of nitrogens with zero attached hydrogens (tertiary/aromatic N) is 2. The summed E-state index contributed by atoms with van der Waals surface area (Å²) in [6.45, 7) is 4.08. The van der Waals surface area contributed by atoms with Gasteiger partial charge in [0.2, 0.25) is 0 Å². The van der Waals surface area contributed by atoms with Gasteiger partial charge in [0, 0.05) is 10.7 Å². The third kappa shape index (κ3) is 3.38. The second-order valence-electron chi connectivity index (χ2n) is 6.82. The SMILES string of the molecule is COc1ccc(N2CC[NH+](CN3C(=O)C(=O)c4cc(Cl)ccc43)CC2)cc1. The number of anilines is 2. The van der Waals surface area contributed by atoms with Crippen LogP contribution < -0.4 is 19.4 Å². The Labute approximate surface area is 162 Å². The molecule has 2 aliphatic rings. The van der Waals surface area contributed by atoms with Crippen LogP contribution in [0, 0.1) is 0 Å². The summed E-state index contributed by atoms with van der Waals surface area (Å²) in [7, 11) is 1.66. The average molecular weight is 387 g/mol. The predicted molar refractivity (Wildman–Crippen MR) is 104 cm³/mol. The molecule has 4 rings (SSSR count). The number of piperazine rings is 1. The first-order valence-electron chi connectivity index (χ1n) is 8.95. The molecule has 0 unspecified atom stereocenters. The van der Waals surface area contributed by atoms with Crippen LogP contribution in [0.5, 0.6) is 5.75 Å². The van der Waals surface area contributed by atoms with Crippen molar-refractivity contribution in [3.63, 3.8) is 0 Å². The van der Waals surface area contributed by atoms with Crippen molar-refractivity contribution < 1.29 is 19.2 Å². The van der Waals surface area contributed by atoms with Gasteiger partial charge in [-0.25, -0.2) is 0 Å². The molecular weight excluding hydrogens is 366 g/mol. The number of quaternary nitrogens is 1. The lowest BCUT2D eigenvalue weighted by Crippen LogP contribution is -3.16. The van der Waals surface area contributed by atoms with Gasteiger partial charge in [-0.1, -0.05) is 11.6 Å². The highest BCUT2D eigenvalue weighted by molar-refractivity contribution is 6.52. The van der Waals surface area contributed by atoms with Crippen molar-refractivity contribution in [2.75, 3.05) is 49.8 Å². The maximum atomic E-state index is 12.4. The molecule has 2 aromatic carbocycles. The van der Waals surface area contributed by atoms with Crippen LogP contribution >= 0.6 is 11.6 Å². The van der Waals surface area contributed by atoms with Crippen molar-refractivity contribution in [2.24, 2.45) is 0 Å². The minimum atomic E-state index is -0.469. The van der Waals surface area contributed by atoms with Gasteiger partial charge in [-0.05, 0) is 42.5 Å². The third-order valence-electron chi connectivity index (χ3n) is 5.22. The fraction of sp³-hybridized carbons (Fsp3) is 0.300. The lowest BCUT2D eigenvalue weighted by molar-refractivity contribution is -0.899. The van der Waals surface area contributed by atoms with Crippen molar-refractivity contribution in [3.05, 3.63) is 53.1 Å². The zero-order valence-corrected chi connectivity index (χ0v) is 15.8. The fourth-order valence-electron chi connectivity index (χ4n) is 3.69. The number of benzene rings is 2. The van der Waals surface area contributed by atoms with Crippen LogP contribution in [-0.2, 0) is 4.79 Å². The predicted octanol–water partition coefficient (Wildman–Crippen LogP) is 1.24. The Hall–Kier alpha value is -2.57. The van der Waals surface area contributed by atoms with Crippen LogP contribution in [0.2, 0.25) is 5.02 Å². The summed E-state index contributed by atoms with van der Waals surface area (Å²) in [6.07, 6.45) is 0. The van der Waals surface area contributed by atoms with Crippen molar-refractivity contribution in [1.29, 1.82) is 0 Å². The summed E-state index contributed by atoms with van der Waals surface area (Å²) in [5, 5.41) is 0.470. The van der Waals surface area contributed by atoms with E-state index in [9.17, 15) is 9.59 Å². The first-order chi connectivity index (χ1) is 13.1. The highest BCUT2D eigenvalue weighted by Crippen LogP contribution is 2.30. The van der Waals surface area contributed by atoms with E-state index in [-0.39, 0.29) is 0 Å². The van der Waals surface area contributed by atoms with E-state index < -0.39 is 11.7 Å². The summed E-state index contributed by atoms with van der Waals surface area (Å²) in [6, 6.07) is 13.1. The number of Topliss-reactive ketones (excluding diaryl/α,β-unsaturated/α-hetero) is 1. The summed E-state index contributed by atoms with van der Waals surface area (Å²) in [5.41, 5.74) is 2.24. The minimum absolute atomic E-state index is 0.406. The average Bonchev–Trinajstić information content (AvgIpc) is 2.93. The molecule has 7 heteroatoms. The van der Waals surface area contributed by atoms with E-state index in [0.29, 0.717) is 22.9 Å². The Balaban J connectivity index is 1.41. The molecule has 1 N–H and O–H groups in total. The van der Waals surface area contributed by atoms with E-state index in [1.165, 1.54) is 10.6 Å². The molecule has 6 nitrogen and oxygen atoms in total. The number of hydrogen-bond acceptors (Lipinski definition) is 4. The number of hydrogen-bond donors (Lipinski definition) is 1. The van der Waals surface area contributed by atoms with Crippen LogP contribution in [0.15, 0.2) is 42.5 Å². The van der Waals surface area contributed by atoms with Gasteiger partial charge in [0.05, 0.1) is 44.5 Å². The number of ketones is 1. The standard InChI is InChI=1S/C20H20ClN3O3/c1-27-16-5-3-15(4-6-16)23-10-8-22(9-11-23)13-24-18-7-2-14(21)12-17(18)19(25)20(24)26/h2-7,12H,8-11,13H2,1H3/p+1. The highest BCUT2D eigenvalue weighted by Gasteiger charge is 2.38. The van der Waals surface area contributed by atoms with E-state index in [1.54, 1.807) is 30.2 Å². The monoisotopic (exact) mass is 386 g/mol. The van der Waals surface area contributed by atoms with Crippen molar-refractivity contribution in [3.8, 4) is 5.75 Å². The van der Waals surface area contributed by atoms with Gasteiger partial charge in [0.1, 0.15) is 5.75 Å². The molecule has 0 aromatic heterocycles. The lowest BCUT2D eigenvalue weighted by atomic mass is 10.1. The number of carbonyl (C=O) groups is 2. The number of ether oxygens (including phenoxy) is 1. The van der Waals surface area contributed by atoms with Gasteiger partial charge in [0.25, 0.3) is 5.78 Å². The summed E-state index contributed by atoms with van der Waals surface area (Å²) < 4.78 is 5.21. The quantitative estimate of drug-likeness (QED) is 0.803.